The van der Waals surface area contributed by atoms with E-state index in [4.69, 9.17) is 0 Å². The molecule has 0 radical (unpaired) electrons. The van der Waals surface area contributed by atoms with Crippen molar-refractivity contribution in [2.75, 3.05) is 11.1 Å². The molecule has 1 aromatic heterocycles. The summed E-state index contributed by atoms with van der Waals surface area (Å²) in [5.74, 6) is 0.828. The highest BCUT2D eigenvalue weighted by atomic mass is 32.2. The topological polar surface area (TPSA) is 42.0 Å². The van der Waals surface area contributed by atoms with Gasteiger partial charge >= 0.3 is 0 Å². The van der Waals surface area contributed by atoms with Crippen LogP contribution < -0.4 is 5.32 Å². The first-order valence-electron chi connectivity index (χ1n) is 8.56. The Kier molecular flexibility index (Phi) is 6.12. The van der Waals surface area contributed by atoms with Gasteiger partial charge in [0.2, 0.25) is 5.91 Å². The minimum Gasteiger partial charge on any atom is -0.325 e. The van der Waals surface area contributed by atoms with E-state index in [0.29, 0.717) is 11.7 Å². The largest absolute Gasteiger partial charge is 0.325 e. The van der Waals surface area contributed by atoms with Gasteiger partial charge in [-0.3, -0.25) is 4.79 Å². The Bertz CT molecular complexity index is 868. The number of nitrogens with zero attached hydrogens (tertiary/aromatic N) is 1. The normalized spacial score (nSPS) is 10.9. The summed E-state index contributed by atoms with van der Waals surface area (Å²) in [6.45, 7) is 6.38. The van der Waals surface area contributed by atoms with Crippen molar-refractivity contribution >= 4 is 34.7 Å². The molecule has 5 heteroatoms. The number of aryl methyl sites for hydroxylation is 1. The third-order valence-corrected chi connectivity index (χ3v) is 6.04. The highest BCUT2D eigenvalue weighted by molar-refractivity contribution is 8.01. The minimum atomic E-state index is -0.0145. The van der Waals surface area contributed by atoms with Gasteiger partial charge in [-0.15, -0.1) is 11.3 Å². The number of anilines is 1. The highest BCUT2D eigenvalue weighted by Gasteiger charge is 2.09. The fraction of sp³-hybridized carbons (Fsp3) is 0.238. The Morgan fingerprint density at radius 1 is 1.12 bits per heavy atom. The van der Waals surface area contributed by atoms with E-state index < -0.39 is 0 Å². The molecule has 0 aliphatic carbocycles. The number of amides is 1. The molecule has 0 aliphatic heterocycles. The van der Waals surface area contributed by atoms with Gasteiger partial charge in [0, 0.05) is 16.6 Å². The van der Waals surface area contributed by atoms with Crippen molar-refractivity contribution in [1.82, 2.24) is 4.98 Å². The molecule has 134 valence electrons. The van der Waals surface area contributed by atoms with Crippen molar-refractivity contribution < 1.29 is 4.79 Å². The van der Waals surface area contributed by atoms with Crippen LogP contribution in [0.25, 0.3) is 11.3 Å². The number of hydrogen-bond acceptors (Lipinski definition) is 4. The molecule has 3 aromatic rings. The van der Waals surface area contributed by atoms with Gasteiger partial charge in [-0.05, 0) is 30.5 Å². The lowest BCUT2D eigenvalue weighted by Gasteiger charge is -2.08. The zero-order valence-electron chi connectivity index (χ0n) is 15.2. The molecule has 1 N–H and O–H groups in total. The number of thioether (sulfide) groups is 1. The Labute approximate surface area is 162 Å². The first-order chi connectivity index (χ1) is 12.5. The number of carbonyl (C=O) groups excluding carboxylic acids is 1. The predicted molar refractivity (Wildman–Crippen MR) is 112 cm³/mol. The molecule has 0 unspecified atom stereocenters. The van der Waals surface area contributed by atoms with Crippen LogP contribution in [-0.2, 0) is 4.79 Å². The van der Waals surface area contributed by atoms with Crippen LogP contribution in [0, 0.1) is 6.92 Å². The zero-order valence-corrected chi connectivity index (χ0v) is 16.8. The second-order valence-corrected chi connectivity index (χ2v) is 8.56. The number of carbonyl (C=O) groups is 1. The zero-order chi connectivity index (χ0) is 18.5. The second-order valence-electron chi connectivity index (χ2n) is 6.48. The SMILES string of the molecule is Cc1ccc(-c2csc(SCC(=O)Nc3ccc(C(C)C)cc3)n2)cc1. The van der Waals surface area contributed by atoms with Crippen LogP contribution in [-0.4, -0.2) is 16.6 Å². The van der Waals surface area contributed by atoms with E-state index in [0.717, 1.165) is 21.3 Å². The van der Waals surface area contributed by atoms with Crippen LogP contribution >= 0.6 is 23.1 Å². The van der Waals surface area contributed by atoms with Crippen molar-refractivity contribution in [2.24, 2.45) is 0 Å². The summed E-state index contributed by atoms with van der Waals surface area (Å²) in [5, 5.41) is 4.98. The Morgan fingerprint density at radius 2 is 1.81 bits per heavy atom. The van der Waals surface area contributed by atoms with Gasteiger partial charge in [0.1, 0.15) is 0 Å². The van der Waals surface area contributed by atoms with Gasteiger partial charge in [0.25, 0.3) is 0 Å². The summed E-state index contributed by atoms with van der Waals surface area (Å²) >= 11 is 3.04. The second kappa shape index (κ2) is 8.52. The lowest BCUT2D eigenvalue weighted by Crippen LogP contribution is -2.13. The van der Waals surface area contributed by atoms with Gasteiger partial charge in [-0.1, -0.05) is 67.6 Å². The summed E-state index contributed by atoms with van der Waals surface area (Å²) < 4.78 is 0.908. The highest BCUT2D eigenvalue weighted by Crippen LogP contribution is 2.28. The Morgan fingerprint density at radius 3 is 2.46 bits per heavy atom. The summed E-state index contributed by atoms with van der Waals surface area (Å²) in [5.41, 5.74) is 5.40. The van der Waals surface area contributed by atoms with E-state index in [9.17, 15) is 4.79 Å². The van der Waals surface area contributed by atoms with E-state index in [-0.39, 0.29) is 5.91 Å². The van der Waals surface area contributed by atoms with E-state index >= 15 is 0 Å². The Balaban J connectivity index is 1.54. The molecular formula is C21H22N2OS2. The average Bonchev–Trinajstić information content (AvgIpc) is 3.10. The van der Waals surface area contributed by atoms with Gasteiger partial charge in [-0.2, -0.15) is 0 Å². The van der Waals surface area contributed by atoms with Crippen LogP contribution in [0.5, 0.6) is 0 Å². The molecule has 0 spiro atoms. The van der Waals surface area contributed by atoms with Crippen LogP contribution in [0.1, 0.15) is 30.9 Å². The van der Waals surface area contributed by atoms with Crippen LogP contribution in [0.2, 0.25) is 0 Å². The molecule has 0 bridgehead atoms. The molecule has 3 rings (SSSR count). The van der Waals surface area contributed by atoms with Crippen molar-refractivity contribution in [2.45, 2.75) is 31.0 Å². The summed E-state index contributed by atoms with van der Waals surface area (Å²) in [4.78, 5) is 16.8. The summed E-state index contributed by atoms with van der Waals surface area (Å²) in [7, 11) is 0. The fourth-order valence-corrected chi connectivity index (χ4v) is 4.09. The third-order valence-electron chi connectivity index (χ3n) is 4.02. The first-order valence-corrected chi connectivity index (χ1v) is 10.4. The monoisotopic (exact) mass is 382 g/mol. The fourth-order valence-electron chi connectivity index (χ4n) is 2.46. The van der Waals surface area contributed by atoms with E-state index in [2.05, 4.69) is 67.5 Å². The van der Waals surface area contributed by atoms with E-state index in [1.807, 2.05) is 17.5 Å². The Hall–Kier alpha value is -2.11. The standard InChI is InChI=1S/C21H22N2OS2/c1-14(2)16-8-10-18(11-9-16)22-20(24)13-26-21-23-19(12-25-21)17-6-4-15(3)5-7-17/h4-12,14H,13H2,1-3H3,(H,22,24). The van der Waals surface area contributed by atoms with Crippen molar-refractivity contribution in [3.63, 3.8) is 0 Å². The smallest absolute Gasteiger partial charge is 0.234 e. The number of aromatic nitrogens is 1. The van der Waals surface area contributed by atoms with Gasteiger partial charge in [-0.25, -0.2) is 4.98 Å². The number of rotatable bonds is 6. The van der Waals surface area contributed by atoms with Crippen LogP contribution in [0.3, 0.4) is 0 Å². The molecule has 0 atom stereocenters. The predicted octanol–water partition coefficient (Wildman–Crippen LogP) is 5.97. The average molecular weight is 383 g/mol. The van der Waals surface area contributed by atoms with Crippen LogP contribution in [0.4, 0.5) is 5.69 Å². The molecule has 0 aliphatic rings. The number of thiazole rings is 1. The molecule has 1 heterocycles. The number of nitrogens with one attached hydrogen (secondary N) is 1. The lowest BCUT2D eigenvalue weighted by molar-refractivity contribution is -0.113. The first kappa shape index (κ1) is 18.7. The van der Waals surface area contributed by atoms with E-state index in [1.54, 1.807) is 11.3 Å². The van der Waals surface area contributed by atoms with Crippen LogP contribution in [0.15, 0.2) is 58.3 Å². The molecule has 1 amide bonds. The van der Waals surface area contributed by atoms with Gasteiger partial charge in [0.05, 0.1) is 11.4 Å². The molecule has 0 fully saturated rings. The number of benzene rings is 2. The maximum Gasteiger partial charge on any atom is 0.234 e. The van der Waals surface area contributed by atoms with Crippen molar-refractivity contribution in [3.8, 4) is 11.3 Å². The quantitative estimate of drug-likeness (QED) is 0.534. The van der Waals surface area contributed by atoms with Gasteiger partial charge in [0.15, 0.2) is 4.34 Å². The molecular weight excluding hydrogens is 360 g/mol. The van der Waals surface area contributed by atoms with E-state index in [1.165, 1.54) is 22.9 Å². The molecule has 2 aromatic carbocycles. The number of hydrogen-bond donors (Lipinski definition) is 1. The lowest BCUT2D eigenvalue weighted by atomic mass is 10.0. The maximum absolute atomic E-state index is 12.2. The summed E-state index contributed by atoms with van der Waals surface area (Å²) in [6.07, 6.45) is 0. The summed E-state index contributed by atoms with van der Waals surface area (Å²) in [6, 6.07) is 16.3. The minimum absolute atomic E-state index is 0.0145. The maximum atomic E-state index is 12.2. The van der Waals surface area contributed by atoms with Gasteiger partial charge < -0.3 is 5.32 Å². The third kappa shape index (κ3) is 4.96. The van der Waals surface area contributed by atoms with Crippen molar-refractivity contribution in [1.29, 1.82) is 0 Å². The molecule has 0 saturated heterocycles. The molecule has 3 nitrogen and oxygen atoms in total. The molecule has 26 heavy (non-hydrogen) atoms. The molecule has 0 saturated carbocycles. The van der Waals surface area contributed by atoms with Crippen molar-refractivity contribution in [3.05, 3.63) is 65.0 Å².